The van der Waals surface area contributed by atoms with Crippen molar-refractivity contribution < 1.29 is 9.32 Å². The number of anilines is 1. The predicted molar refractivity (Wildman–Crippen MR) is 136 cm³/mol. The van der Waals surface area contributed by atoms with E-state index in [-0.39, 0.29) is 17.2 Å². The van der Waals surface area contributed by atoms with Crippen LogP contribution in [0.2, 0.25) is 0 Å². The lowest BCUT2D eigenvalue weighted by Gasteiger charge is -2.31. The maximum Gasteiger partial charge on any atom is 0.241 e. The van der Waals surface area contributed by atoms with E-state index in [1.807, 2.05) is 31.2 Å². The molecule has 1 N–H and O–H groups in total. The van der Waals surface area contributed by atoms with Gasteiger partial charge < -0.3 is 9.84 Å². The van der Waals surface area contributed by atoms with E-state index < -0.39 is 0 Å². The minimum absolute atomic E-state index is 0.0506. The van der Waals surface area contributed by atoms with Crippen LogP contribution in [0.3, 0.4) is 0 Å². The summed E-state index contributed by atoms with van der Waals surface area (Å²) in [6.45, 7) is 12.9. The van der Waals surface area contributed by atoms with Gasteiger partial charge in [-0.2, -0.15) is 4.98 Å². The number of piperidine rings is 1. The normalized spacial score (nSPS) is 17.0. The van der Waals surface area contributed by atoms with Crippen molar-refractivity contribution in [1.29, 1.82) is 0 Å². The number of amides is 1. The van der Waals surface area contributed by atoms with Gasteiger partial charge in [-0.3, -0.25) is 9.69 Å². The molecule has 1 unspecified atom stereocenters. The van der Waals surface area contributed by atoms with E-state index in [1.54, 1.807) is 0 Å². The van der Waals surface area contributed by atoms with Gasteiger partial charge in [-0.15, -0.1) is 0 Å². The van der Waals surface area contributed by atoms with Gasteiger partial charge in [0.25, 0.3) is 0 Å². The van der Waals surface area contributed by atoms with E-state index >= 15 is 0 Å². The number of hydrogen-bond acceptors (Lipinski definition) is 5. The van der Waals surface area contributed by atoms with E-state index in [1.165, 1.54) is 11.1 Å². The summed E-state index contributed by atoms with van der Waals surface area (Å²) in [7, 11) is 0. The van der Waals surface area contributed by atoms with Gasteiger partial charge in [0, 0.05) is 17.8 Å². The summed E-state index contributed by atoms with van der Waals surface area (Å²) in [4.78, 5) is 19.9. The molecule has 6 nitrogen and oxygen atoms in total. The fourth-order valence-electron chi connectivity index (χ4n) is 4.59. The fraction of sp³-hybridized carbons (Fsp3) is 0.464. The Morgan fingerprint density at radius 3 is 2.65 bits per heavy atom. The molecule has 1 saturated heterocycles. The second kappa shape index (κ2) is 10.1. The van der Waals surface area contributed by atoms with E-state index in [0.29, 0.717) is 24.8 Å². The average Bonchev–Trinajstić information content (AvgIpc) is 3.28. The maximum absolute atomic E-state index is 13.1. The lowest BCUT2D eigenvalue weighted by atomic mass is 9.87. The summed E-state index contributed by atoms with van der Waals surface area (Å²) in [5.41, 5.74) is 5.57. The van der Waals surface area contributed by atoms with Crippen LogP contribution in [0.1, 0.15) is 63.1 Å². The molecular weight excluding hydrogens is 424 g/mol. The van der Waals surface area contributed by atoms with E-state index in [0.717, 1.165) is 42.6 Å². The summed E-state index contributed by atoms with van der Waals surface area (Å²) in [5, 5.41) is 7.40. The molecule has 2 heterocycles. The number of aromatic nitrogens is 2. The van der Waals surface area contributed by atoms with Crippen LogP contribution in [0, 0.1) is 12.8 Å². The third kappa shape index (κ3) is 5.55. The highest BCUT2D eigenvalue weighted by Crippen LogP contribution is 2.27. The van der Waals surface area contributed by atoms with Crippen LogP contribution < -0.4 is 5.32 Å². The molecule has 2 aromatic carbocycles. The molecule has 180 valence electrons. The number of para-hydroxylation sites is 1. The van der Waals surface area contributed by atoms with Crippen molar-refractivity contribution in [2.75, 3.05) is 18.4 Å². The largest absolute Gasteiger partial charge is 0.338 e. The van der Waals surface area contributed by atoms with Crippen LogP contribution in [0.25, 0.3) is 11.4 Å². The first kappa shape index (κ1) is 24.1. The van der Waals surface area contributed by atoms with Gasteiger partial charge in [0.15, 0.2) is 0 Å². The monoisotopic (exact) mass is 460 g/mol. The predicted octanol–water partition coefficient (Wildman–Crippen LogP) is 5.76. The van der Waals surface area contributed by atoms with E-state index in [4.69, 9.17) is 4.52 Å². The molecule has 1 aromatic heterocycles. The second-order valence-corrected chi connectivity index (χ2v) is 10.4. The molecule has 34 heavy (non-hydrogen) atoms. The Morgan fingerprint density at radius 2 is 1.94 bits per heavy atom. The third-order valence-corrected chi connectivity index (χ3v) is 6.70. The number of nitrogens with one attached hydrogen (secondary N) is 1. The zero-order chi connectivity index (χ0) is 24.3. The molecule has 4 rings (SSSR count). The van der Waals surface area contributed by atoms with Crippen LogP contribution in [-0.4, -0.2) is 34.0 Å². The molecule has 0 saturated carbocycles. The number of benzene rings is 2. The number of hydrogen-bond donors (Lipinski definition) is 1. The highest BCUT2D eigenvalue weighted by Gasteiger charge is 2.27. The molecule has 0 bridgehead atoms. The first-order valence-electron chi connectivity index (χ1n) is 12.3. The fourth-order valence-corrected chi connectivity index (χ4v) is 4.59. The molecule has 1 amide bonds. The molecule has 1 aliphatic heterocycles. The third-order valence-electron chi connectivity index (χ3n) is 6.70. The minimum atomic E-state index is -0.0506. The average molecular weight is 461 g/mol. The molecule has 0 radical (unpaired) electrons. The Labute approximate surface area is 202 Å². The molecule has 0 spiro atoms. The zero-order valence-electron chi connectivity index (χ0n) is 21.0. The number of likely N-dealkylation sites (tertiary alicyclic amines) is 1. The molecule has 1 fully saturated rings. The van der Waals surface area contributed by atoms with Gasteiger partial charge in [0.05, 0.1) is 12.5 Å². The maximum atomic E-state index is 13.1. The first-order valence-corrected chi connectivity index (χ1v) is 12.3. The van der Waals surface area contributed by atoms with Gasteiger partial charge in [-0.05, 0) is 54.8 Å². The van der Waals surface area contributed by atoms with Crippen LogP contribution in [0.5, 0.6) is 0 Å². The van der Waals surface area contributed by atoms with Crippen LogP contribution in [0.15, 0.2) is 47.0 Å². The molecule has 6 heteroatoms. The highest BCUT2D eigenvalue weighted by atomic mass is 16.5. The van der Waals surface area contributed by atoms with Gasteiger partial charge in [-0.1, -0.05) is 75.3 Å². The number of carbonyl (C=O) groups excluding carboxylic acids is 1. The smallest absolute Gasteiger partial charge is 0.241 e. The van der Waals surface area contributed by atoms with Crippen molar-refractivity contribution >= 4 is 11.6 Å². The Morgan fingerprint density at radius 1 is 1.18 bits per heavy atom. The Hall–Kier alpha value is -2.99. The Kier molecular flexibility index (Phi) is 7.17. The second-order valence-electron chi connectivity index (χ2n) is 10.4. The molecule has 1 aliphatic rings. The molecule has 0 aliphatic carbocycles. The van der Waals surface area contributed by atoms with Gasteiger partial charge >= 0.3 is 0 Å². The highest BCUT2D eigenvalue weighted by molar-refractivity contribution is 5.94. The summed E-state index contributed by atoms with van der Waals surface area (Å²) in [6, 6.07) is 14.5. The summed E-state index contributed by atoms with van der Waals surface area (Å²) < 4.78 is 5.55. The van der Waals surface area contributed by atoms with Crippen molar-refractivity contribution in [2.24, 2.45) is 5.92 Å². The lowest BCUT2D eigenvalue weighted by molar-refractivity contribution is -0.121. The van der Waals surface area contributed by atoms with Crippen molar-refractivity contribution in [3.63, 3.8) is 0 Å². The number of nitrogens with zero attached hydrogens (tertiary/aromatic N) is 3. The Bertz CT molecular complexity index is 1130. The van der Waals surface area contributed by atoms with Gasteiger partial charge in [0.1, 0.15) is 0 Å². The minimum Gasteiger partial charge on any atom is -0.338 e. The van der Waals surface area contributed by atoms with E-state index in [2.05, 4.69) is 66.3 Å². The molecule has 1 atom stereocenters. The number of aryl methyl sites for hydroxylation is 2. The van der Waals surface area contributed by atoms with Gasteiger partial charge in [-0.25, -0.2) is 0 Å². The number of carbonyl (C=O) groups is 1. The van der Waals surface area contributed by atoms with E-state index in [9.17, 15) is 4.79 Å². The summed E-state index contributed by atoms with van der Waals surface area (Å²) in [5.74, 6) is 1.24. The topological polar surface area (TPSA) is 71.3 Å². The lowest BCUT2D eigenvalue weighted by Crippen LogP contribution is -2.40. The van der Waals surface area contributed by atoms with Crippen molar-refractivity contribution in [3.8, 4) is 11.4 Å². The zero-order valence-corrected chi connectivity index (χ0v) is 21.0. The van der Waals surface area contributed by atoms with Crippen molar-refractivity contribution in [3.05, 3.63) is 65.0 Å². The van der Waals surface area contributed by atoms with Crippen LogP contribution >= 0.6 is 0 Å². The standard InChI is InChI=1S/C28H36N4O2/c1-6-20-10-7-9-19(2)25(20)30-27(33)22-11-8-16-32(17-22)18-24-29-26(31-34-24)21-12-14-23(15-13-21)28(3,4)5/h7,9-10,12-15,22H,6,8,11,16-18H2,1-5H3,(H,30,33). The van der Waals surface area contributed by atoms with Crippen LogP contribution in [0.4, 0.5) is 5.69 Å². The van der Waals surface area contributed by atoms with Crippen LogP contribution in [-0.2, 0) is 23.2 Å². The quantitative estimate of drug-likeness (QED) is 0.507. The number of rotatable bonds is 6. The van der Waals surface area contributed by atoms with Crippen molar-refractivity contribution in [1.82, 2.24) is 15.0 Å². The molecule has 3 aromatic rings. The summed E-state index contributed by atoms with van der Waals surface area (Å²) in [6.07, 6.45) is 2.76. The van der Waals surface area contributed by atoms with Gasteiger partial charge in [0.2, 0.25) is 17.6 Å². The molecular formula is C28H36N4O2. The summed E-state index contributed by atoms with van der Waals surface area (Å²) >= 11 is 0. The Balaban J connectivity index is 1.38. The SMILES string of the molecule is CCc1cccc(C)c1NC(=O)C1CCCN(Cc2nc(-c3ccc(C(C)(C)C)cc3)no2)C1. The van der Waals surface area contributed by atoms with Crippen molar-refractivity contribution in [2.45, 2.75) is 65.8 Å². The first-order chi connectivity index (χ1) is 16.2.